The minimum absolute atomic E-state index is 0.103. The molecule has 0 saturated carbocycles. The second-order valence-corrected chi connectivity index (χ2v) is 10.1. The molecule has 2 aromatic carbocycles. The first-order valence-corrected chi connectivity index (χ1v) is 12.8. The van der Waals surface area contributed by atoms with Crippen LogP contribution in [0.15, 0.2) is 30.5 Å². The SMILES string of the molecule is COc1cnc2c(-c3nc4ccc5c(c4s3)C[C@@H](COC(=O)NC3CCOCC3)O5)cc(C)cc2n1. The lowest BCUT2D eigenvalue weighted by atomic mass is 10.1. The van der Waals surface area contributed by atoms with E-state index in [1.54, 1.807) is 24.6 Å². The van der Waals surface area contributed by atoms with Gasteiger partial charge in [-0.2, -0.15) is 0 Å². The minimum atomic E-state index is -0.407. The van der Waals surface area contributed by atoms with Crippen molar-refractivity contribution in [1.82, 2.24) is 20.3 Å². The van der Waals surface area contributed by atoms with Crippen molar-refractivity contribution in [3.63, 3.8) is 0 Å². The van der Waals surface area contributed by atoms with Gasteiger partial charge in [-0.05, 0) is 49.6 Å². The van der Waals surface area contributed by atoms with E-state index in [9.17, 15) is 4.79 Å². The number of amides is 1. The smallest absolute Gasteiger partial charge is 0.407 e. The van der Waals surface area contributed by atoms with Crippen LogP contribution in [0.5, 0.6) is 11.6 Å². The number of ether oxygens (including phenoxy) is 4. The van der Waals surface area contributed by atoms with Crippen LogP contribution in [-0.4, -0.2) is 60.1 Å². The number of carbonyl (C=O) groups is 1. The van der Waals surface area contributed by atoms with Crippen LogP contribution >= 0.6 is 11.3 Å². The van der Waals surface area contributed by atoms with Gasteiger partial charge >= 0.3 is 6.09 Å². The number of aryl methyl sites for hydroxylation is 1. The third-order valence-corrected chi connectivity index (χ3v) is 7.66. The molecule has 36 heavy (non-hydrogen) atoms. The molecule has 2 aliphatic heterocycles. The number of fused-ring (bicyclic) bond motifs is 4. The number of rotatable bonds is 5. The van der Waals surface area contributed by atoms with Crippen molar-refractivity contribution in [2.45, 2.75) is 38.3 Å². The lowest BCUT2D eigenvalue weighted by molar-refractivity contribution is 0.0649. The van der Waals surface area contributed by atoms with E-state index in [4.69, 9.17) is 23.9 Å². The Labute approximate surface area is 211 Å². The van der Waals surface area contributed by atoms with Gasteiger partial charge in [-0.1, -0.05) is 0 Å². The normalized spacial score (nSPS) is 17.7. The number of nitrogens with zero attached hydrogens (tertiary/aromatic N) is 3. The Balaban J connectivity index is 1.22. The Hall–Kier alpha value is -3.50. The fourth-order valence-electron chi connectivity index (χ4n) is 4.72. The van der Waals surface area contributed by atoms with Gasteiger partial charge in [0, 0.05) is 36.8 Å². The molecule has 1 amide bonds. The topological polar surface area (TPSA) is 105 Å². The first kappa shape index (κ1) is 22.9. The molecule has 1 atom stereocenters. The standard InChI is InChI=1S/C26H26N4O5S/c1-14-9-18(23-20(10-14)29-22(32-2)12-27-23)25-30-19-3-4-21-17(24(19)36-25)11-16(35-21)13-34-26(31)28-15-5-7-33-8-6-15/h3-4,9-10,12,15-16H,5-8,11,13H2,1-2H3,(H,28,31)/t16-/m0/s1. The van der Waals surface area contributed by atoms with Gasteiger partial charge in [0.05, 0.1) is 34.6 Å². The predicted octanol–water partition coefficient (Wildman–Crippen LogP) is 4.43. The second kappa shape index (κ2) is 9.51. The zero-order valence-corrected chi connectivity index (χ0v) is 20.9. The van der Waals surface area contributed by atoms with Crippen molar-refractivity contribution >= 4 is 38.7 Å². The fraction of sp³-hybridized carbons (Fsp3) is 0.385. The van der Waals surface area contributed by atoms with E-state index in [1.165, 1.54) is 0 Å². The molecule has 2 aromatic heterocycles. The van der Waals surface area contributed by atoms with Gasteiger partial charge in [0.2, 0.25) is 5.88 Å². The number of benzene rings is 2. The van der Waals surface area contributed by atoms with Gasteiger partial charge < -0.3 is 24.3 Å². The summed E-state index contributed by atoms with van der Waals surface area (Å²) >= 11 is 1.62. The van der Waals surface area contributed by atoms with Crippen LogP contribution in [0.1, 0.15) is 24.0 Å². The van der Waals surface area contributed by atoms with Crippen molar-refractivity contribution < 1.29 is 23.7 Å². The van der Waals surface area contributed by atoms with Crippen LogP contribution in [-0.2, 0) is 15.9 Å². The quantitative estimate of drug-likeness (QED) is 0.424. The van der Waals surface area contributed by atoms with Crippen molar-refractivity contribution in [3.05, 3.63) is 41.6 Å². The van der Waals surface area contributed by atoms with Crippen molar-refractivity contribution in [1.29, 1.82) is 0 Å². The van der Waals surface area contributed by atoms with Crippen LogP contribution < -0.4 is 14.8 Å². The predicted molar refractivity (Wildman–Crippen MR) is 136 cm³/mol. The lowest BCUT2D eigenvalue weighted by Gasteiger charge is -2.23. The molecule has 0 radical (unpaired) electrons. The van der Waals surface area contributed by atoms with Gasteiger partial charge in [-0.3, -0.25) is 0 Å². The van der Waals surface area contributed by atoms with Crippen molar-refractivity contribution in [2.24, 2.45) is 0 Å². The van der Waals surface area contributed by atoms with Crippen LogP contribution in [0.25, 0.3) is 31.8 Å². The van der Waals surface area contributed by atoms with E-state index < -0.39 is 6.09 Å². The Morgan fingerprint density at radius 2 is 2.06 bits per heavy atom. The molecular formula is C26H26N4O5S. The number of nitrogens with one attached hydrogen (secondary N) is 1. The number of aromatic nitrogens is 3. The molecule has 4 heterocycles. The molecule has 6 rings (SSSR count). The molecule has 0 spiro atoms. The summed E-state index contributed by atoms with van der Waals surface area (Å²) in [6, 6.07) is 8.11. The Morgan fingerprint density at radius 3 is 2.89 bits per heavy atom. The van der Waals surface area contributed by atoms with E-state index in [1.807, 2.05) is 25.1 Å². The molecule has 2 aliphatic rings. The van der Waals surface area contributed by atoms with Crippen LogP contribution in [0.4, 0.5) is 4.79 Å². The summed E-state index contributed by atoms with van der Waals surface area (Å²) in [6.07, 6.45) is 3.27. The van der Waals surface area contributed by atoms with Gasteiger partial charge in [-0.15, -0.1) is 11.3 Å². The van der Waals surface area contributed by atoms with E-state index in [0.29, 0.717) is 25.5 Å². The van der Waals surface area contributed by atoms with Gasteiger partial charge in [0.1, 0.15) is 23.5 Å². The molecule has 0 bridgehead atoms. The third-order valence-electron chi connectivity index (χ3n) is 6.49. The fourth-order valence-corrected chi connectivity index (χ4v) is 5.85. The zero-order valence-electron chi connectivity index (χ0n) is 20.1. The Bertz CT molecular complexity index is 1450. The van der Waals surface area contributed by atoms with Crippen molar-refractivity contribution in [2.75, 3.05) is 26.9 Å². The molecule has 9 nitrogen and oxygen atoms in total. The summed E-state index contributed by atoms with van der Waals surface area (Å²) in [5, 5.41) is 3.79. The average molecular weight is 507 g/mol. The summed E-state index contributed by atoms with van der Waals surface area (Å²) in [5.74, 6) is 1.29. The average Bonchev–Trinajstić information content (AvgIpc) is 3.51. The monoisotopic (exact) mass is 506 g/mol. The number of methoxy groups -OCH3 is 1. The van der Waals surface area contributed by atoms with Crippen LogP contribution in [0, 0.1) is 6.92 Å². The number of alkyl carbamates (subject to hydrolysis) is 1. The highest BCUT2D eigenvalue weighted by Crippen LogP contribution is 2.41. The molecule has 186 valence electrons. The van der Waals surface area contributed by atoms with E-state index in [2.05, 4.69) is 21.4 Å². The summed E-state index contributed by atoms with van der Waals surface area (Å²) in [4.78, 5) is 26.3. The van der Waals surface area contributed by atoms with E-state index in [0.717, 1.165) is 61.5 Å². The largest absolute Gasteiger partial charge is 0.486 e. The van der Waals surface area contributed by atoms with E-state index in [-0.39, 0.29) is 18.8 Å². The summed E-state index contributed by atoms with van der Waals surface area (Å²) in [7, 11) is 1.58. The number of carbonyl (C=O) groups excluding carboxylic acids is 1. The second-order valence-electron chi connectivity index (χ2n) is 9.08. The first-order chi connectivity index (χ1) is 17.6. The van der Waals surface area contributed by atoms with Gasteiger partial charge in [0.25, 0.3) is 0 Å². The Kier molecular flexibility index (Phi) is 6.06. The van der Waals surface area contributed by atoms with Crippen LogP contribution in [0.3, 0.4) is 0 Å². The highest BCUT2D eigenvalue weighted by atomic mass is 32.1. The maximum absolute atomic E-state index is 12.2. The Morgan fingerprint density at radius 1 is 1.19 bits per heavy atom. The highest BCUT2D eigenvalue weighted by molar-refractivity contribution is 7.22. The van der Waals surface area contributed by atoms with Gasteiger partial charge in [-0.25, -0.2) is 19.7 Å². The molecule has 0 unspecified atom stereocenters. The summed E-state index contributed by atoms with van der Waals surface area (Å²) in [6.45, 7) is 3.55. The van der Waals surface area contributed by atoms with Gasteiger partial charge in [0.15, 0.2) is 0 Å². The molecule has 1 saturated heterocycles. The number of hydrogen-bond acceptors (Lipinski definition) is 9. The number of thiazole rings is 1. The highest BCUT2D eigenvalue weighted by Gasteiger charge is 2.28. The maximum Gasteiger partial charge on any atom is 0.407 e. The summed E-state index contributed by atoms with van der Waals surface area (Å²) in [5.41, 5.74) is 5.58. The minimum Gasteiger partial charge on any atom is -0.486 e. The zero-order chi connectivity index (χ0) is 24.6. The first-order valence-electron chi connectivity index (χ1n) is 12.0. The maximum atomic E-state index is 12.2. The number of hydrogen-bond donors (Lipinski definition) is 1. The molecular weight excluding hydrogens is 480 g/mol. The molecule has 1 fully saturated rings. The molecule has 0 aliphatic carbocycles. The van der Waals surface area contributed by atoms with E-state index >= 15 is 0 Å². The van der Waals surface area contributed by atoms with Crippen LogP contribution in [0.2, 0.25) is 0 Å². The molecule has 10 heteroatoms. The molecule has 4 aromatic rings. The third kappa shape index (κ3) is 4.42. The lowest BCUT2D eigenvalue weighted by Crippen LogP contribution is -2.40. The van der Waals surface area contributed by atoms with Crippen molar-refractivity contribution in [3.8, 4) is 22.2 Å². The summed E-state index contributed by atoms with van der Waals surface area (Å²) < 4.78 is 23.2. The molecule has 1 N–H and O–H groups in total.